The average molecular weight is 414 g/mol. The van der Waals surface area contributed by atoms with Gasteiger partial charge in [0.2, 0.25) is 5.91 Å². The van der Waals surface area contributed by atoms with Gasteiger partial charge in [-0.2, -0.15) is 0 Å². The monoisotopic (exact) mass is 413 g/mol. The highest BCUT2D eigenvalue weighted by molar-refractivity contribution is 6.32. The first-order chi connectivity index (χ1) is 13.6. The van der Waals surface area contributed by atoms with Crippen molar-refractivity contribution in [3.63, 3.8) is 0 Å². The summed E-state index contributed by atoms with van der Waals surface area (Å²) < 4.78 is 0. The summed E-state index contributed by atoms with van der Waals surface area (Å²) >= 11 is 6.23. The van der Waals surface area contributed by atoms with Gasteiger partial charge < -0.3 is 10.2 Å². The quantitative estimate of drug-likeness (QED) is 0.764. The zero-order valence-electron chi connectivity index (χ0n) is 17.0. The van der Waals surface area contributed by atoms with Crippen LogP contribution in [0.5, 0.6) is 0 Å². The molecule has 0 bridgehead atoms. The summed E-state index contributed by atoms with van der Waals surface area (Å²) in [5.74, 6) is -0.819. The molecule has 7 heteroatoms. The number of likely N-dealkylation sites (N-methyl/N-ethyl adjacent to an activating group) is 1. The maximum Gasteiger partial charge on any atom is 0.325 e. The van der Waals surface area contributed by atoms with E-state index in [0.29, 0.717) is 17.1 Å². The third-order valence-corrected chi connectivity index (χ3v) is 5.64. The minimum atomic E-state index is -1.30. The smallest absolute Gasteiger partial charge is 0.325 e. The molecule has 152 valence electrons. The fourth-order valence-electron chi connectivity index (χ4n) is 3.51. The molecule has 2 aromatic carbocycles. The van der Waals surface area contributed by atoms with Gasteiger partial charge in [0.15, 0.2) is 0 Å². The number of amides is 4. The van der Waals surface area contributed by atoms with Crippen LogP contribution in [-0.2, 0) is 21.7 Å². The number of hydrogen-bond donors (Lipinski definition) is 1. The molecule has 1 fully saturated rings. The van der Waals surface area contributed by atoms with Gasteiger partial charge in [0.1, 0.15) is 12.1 Å². The van der Waals surface area contributed by atoms with Crippen LogP contribution in [0.2, 0.25) is 5.02 Å². The maximum absolute atomic E-state index is 13.0. The predicted molar refractivity (Wildman–Crippen MR) is 111 cm³/mol. The van der Waals surface area contributed by atoms with Gasteiger partial charge in [-0.1, -0.05) is 53.6 Å². The molecular weight excluding hydrogens is 390 g/mol. The van der Waals surface area contributed by atoms with Crippen LogP contribution in [0.1, 0.15) is 29.2 Å². The maximum atomic E-state index is 13.0. The van der Waals surface area contributed by atoms with E-state index in [1.54, 1.807) is 38.2 Å². The Morgan fingerprint density at radius 2 is 1.86 bits per heavy atom. The molecule has 0 saturated carbocycles. The standard InChI is InChI=1S/C22H24ClN3O3/c1-14-9-10-16(15(2)11-14)12-25(4)19(27)13-26-20(28)22(3,24-21(26)29)17-7-5-6-8-18(17)23/h5-11H,12-13H2,1-4H3,(H,24,29)/t22-/m0/s1. The lowest BCUT2D eigenvalue weighted by molar-refractivity contribution is -0.138. The summed E-state index contributed by atoms with van der Waals surface area (Å²) in [4.78, 5) is 40.7. The zero-order chi connectivity index (χ0) is 21.3. The summed E-state index contributed by atoms with van der Waals surface area (Å²) in [6.45, 7) is 5.67. The van der Waals surface area contributed by atoms with Crippen LogP contribution in [0.15, 0.2) is 42.5 Å². The van der Waals surface area contributed by atoms with Crippen LogP contribution in [0.25, 0.3) is 0 Å². The van der Waals surface area contributed by atoms with Gasteiger partial charge in [-0.25, -0.2) is 4.79 Å². The molecule has 0 aliphatic carbocycles. The van der Waals surface area contributed by atoms with Crippen LogP contribution in [0.4, 0.5) is 4.79 Å². The van der Waals surface area contributed by atoms with E-state index in [2.05, 4.69) is 11.4 Å². The van der Waals surface area contributed by atoms with Gasteiger partial charge >= 0.3 is 6.03 Å². The number of carbonyl (C=O) groups excluding carboxylic acids is 3. The third-order valence-electron chi connectivity index (χ3n) is 5.31. The van der Waals surface area contributed by atoms with Gasteiger partial charge in [-0.05, 0) is 38.0 Å². The van der Waals surface area contributed by atoms with Crippen LogP contribution < -0.4 is 5.32 Å². The highest BCUT2D eigenvalue weighted by Gasteiger charge is 2.50. The molecular formula is C22H24ClN3O3. The molecule has 2 aromatic rings. The second-order valence-electron chi connectivity index (χ2n) is 7.61. The first-order valence-electron chi connectivity index (χ1n) is 9.32. The van der Waals surface area contributed by atoms with Crippen LogP contribution in [0.3, 0.4) is 0 Å². The molecule has 6 nitrogen and oxygen atoms in total. The van der Waals surface area contributed by atoms with Crippen molar-refractivity contribution < 1.29 is 14.4 Å². The van der Waals surface area contributed by atoms with Gasteiger partial charge in [0, 0.05) is 24.2 Å². The molecule has 1 aliphatic heterocycles. The number of aryl methyl sites for hydroxylation is 2. The van der Waals surface area contributed by atoms with Gasteiger partial charge in [0.25, 0.3) is 5.91 Å². The lowest BCUT2D eigenvalue weighted by Gasteiger charge is -2.24. The van der Waals surface area contributed by atoms with E-state index in [1.165, 1.54) is 4.90 Å². The van der Waals surface area contributed by atoms with E-state index in [1.807, 2.05) is 26.0 Å². The molecule has 1 atom stereocenters. The lowest BCUT2D eigenvalue weighted by atomic mass is 9.92. The van der Waals surface area contributed by atoms with Crippen molar-refractivity contribution in [3.8, 4) is 0 Å². The normalized spacial score (nSPS) is 18.7. The molecule has 0 radical (unpaired) electrons. The molecule has 0 unspecified atom stereocenters. The zero-order valence-corrected chi connectivity index (χ0v) is 17.7. The number of nitrogens with one attached hydrogen (secondary N) is 1. The molecule has 1 heterocycles. The van der Waals surface area contributed by atoms with Crippen LogP contribution in [0, 0.1) is 13.8 Å². The van der Waals surface area contributed by atoms with Gasteiger partial charge in [-0.15, -0.1) is 0 Å². The Hall–Kier alpha value is -2.86. The van der Waals surface area contributed by atoms with Crippen molar-refractivity contribution in [3.05, 3.63) is 69.7 Å². The van der Waals surface area contributed by atoms with E-state index in [-0.39, 0.29) is 12.5 Å². The number of carbonyl (C=O) groups is 3. The minimum absolute atomic E-state index is 0.322. The van der Waals surface area contributed by atoms with Crippen molar-refractivity contribution in [1.29, 1.82) is 0 Å². The number of nitrogens with zero attached hydrogens (tertiary/aromatic N) is 2. The molecule has 1 aliphatic rings. The number of rotatable bonds is 5. The lowest BCUT2D eigenvalue weighted by Crippen LogP contribution is -2.43. The Balaban J connectivity index is 1.74. The third kappa shape index (κ3) is 3.98. The Bertz CT molecular complexity index is 991. The van der Waals surface area contributed by atoms with Gasteiger partial charge in [-0.3, -0.25) is 14.5 Å². The van der Waals surface area contributed by atoms with E-state index in [9.17, 15) is 14.4 Å². The van der Waals surface area contributed by atoms with E-state index >= 15 is 0 Å². The number of benzene rings is 2. The highest BCUT2D eigenvalue weighted by Crippen LogP contribution is 2.33. The Kier molecular flexibility index (Phi) is 5.66. The summed E-state index contributed by atoms with van der Waals surface area (Å²) in [6, 6.07) is 12.3. The number of hydrogen-bond acceptors (Lipinski definition) is 3. The second-order valence-corrected chi connectivity index (χ2v) is 8.01. The Morgan fingerprint density at radius 1 is 1.17 bits per heavy atom. The summed E-state index contributed by atoms with van der Waals surface area (Å²) in [5.41, 5.74) is 2.45. The fraction of sp³-hybridized carbons (Fsp3) is 0.318. The Labute approximate surface area is 175 Å². The summed E-state index contributed by atoms with van der Waals surface area (Å²) in [5, 5.41) is 3.06. The molecule has 0 aromatic heterocycles. The second kappa shape index (κ2) is 7.87. The molecule has 0 spiro atoms. The largest absolute Gasteiger partial charge is 0.340 e. The first-order valence-corrected chi connectivity index (χ1v) is 9.70. The highest BCUT2D eigenvalue weighted by atomic mass is 35.5. The number of halogens is 1. The molecule has 1 N–H and O–H groups in total. The minimum Gasteiger partial charge on any atom is -0.340 e. The van der Waals surface area contributed by atoms with Crippen molar-refractivity contribution in [2.75, 3.05) is 13.6 Å². The Morgan fingerprint density at radius 3 is 2.52 bits per heavy atom. The van der Waals surface area contributed by atoms with E-state index in [0.717, 1.165) is 21.6 Å². The molecule has 4 amide bonds. The first kappa shape index (κ1) is 20.9. The summed E-state index contributed by atoms with van der Waals surface area (Å²) in [7, 11) is 1.66. The molecule has 29 heavy (non-hydrogen) atoms. The van der Waals surface area contributed by atoms with E-state index in [4.69, 9.17) is 11.6 Å². The van der Waals surface area contributed by atoms with Crippen molar-refractivity contribution in [1.82, 2.24) is 15.1 Å². The van der Waals surface area contributed by atoms with Gasteiger partial charge in [0.05, 0.1) is 0 Å². The summed E-state index contributed by atoms with van der Waals surface area (Å²) in [6.07, 6.45) is 0. The number of imide groups is 1. The van der Waals surface area contributed by atoms with Crippen molar-refractivity contribution in [2.45, 2.75) is 32.9 Å². The molecule has 1 saturated heterocycles. The van der Waals surface area contributed by atoms with E-state index < -0.39 is 17.5 Å². The SMILES string of the molecule is Cc1ccc(CN(C)C(=O)CN2C(=O)N[C@@](C)(c3ccccc3Cl)C2=O)c(C)c1. The average Bonchev–Trinajstić information content (AvgIpc) is 2.88. The van der Waals surface area contributed by atoms with Crippen LogP contribution in [-0.4, -0.2) is 41.2 Å². The van der Waals surface area contributed by atoms with Crippen molar-refractivity contribution in [2.24, 2.45) is 0 Å². The number of urea groups is 1. The van der Waals surface area contributed by atoms with Crippen LogP contribution >= 0.6 is 11.6 Å². The molecule has 3 rings (SSSR count). The van der Waals surface area contributed by atoms with Crippen molar-refractivity contribution >= 4 is 29.4 Å². The topological polar surface area (TPSA) is 69.7 Å². The predicted octanol–water partition coefficient (Wildman–Crippen LogP) is 3.38. The fourth-order valence-corrected chi connectivity index (χ4v) is 3.84.